The molecule has 0 atom stereocenters. The predicted octanol–water partition coefficient (Wildman–Crippen LogP) is 2.48. The molecule has 0 saturated carbocycles. The molecule has 0 saturated heterocycles. The lowest BCUT2D eigenvalue weighted by atomic mass is 10.1. The number of rotatable bonds is 4. The summed E-state index contributed by atoms with van der Waals surface area (Å²) in [5.74, 6) is 0.227. The quantitative estimate of drug-likeness (QED) is 0.845. The van der Waals surface area contributed by atoms with Gasteiger partial charge in [0.2, 0.25) is 5.91 Å². The van der Waals surface area contributed by atoms with Gasteiger partial charge in [0, 0.05) is 24.2 Å². The highest BCUT2D eigenvalue weighted by Crippen LogP contribution is 2.28. The van der Waals surface area contributed by atoms with E-state index in [4.69, 9.17) is 5.73 Å². The number of nitrogen functional groups attached to an aromatic ring is 1. The van der Waals surface area contributed by atoms with Crippen molar-refractivity contribution >= 4 is 23.7 Å². The van der Waals surface area contributed by atoms with Crippen molar-refractivity contribution in [1.29, 1.82) is 0 Å². The second-order valence-corrected chi connectivity index (χ2v) is 5.06. The fraction of sp³-hybridized carbons (Fsp3) is 0.267. The molecule has 6 heteroatoms. The van der Waals surface area contributed by atoms with Gasteiger partial charge in [-0.05, 0) is 26.0 Å². The van der Waals surface area contributed by atoms with E-state index >= 15 is 0 Å². The zero-order chi connectivity index (χ0) is 15.6. The minimum absolute atomic E-state index is 0.0658. The van der Waals surface area contributed by atoms with E-state index in [9.17, 15) is 9.59 Å². The van der Waals surface area contributed by atoms with Crippen LogP contribution in [-0.2, 0) is 4.79 Å². The number of hydrogen-bond donors (Lipinski definition) is 2. The first kappa shape index (κ1) is 14.8. The van der Waals surface area contributed by atoms with Crippen LogP contribution in [0.1, 0.15) is 37.2 Å². The molecule has 0 spiro atoms. The number of carbonyl (C=O) groups excluding carboxylic acids is 2. The van der Waals surface area contributed by atoms with Gasteiger partial charge in [-0.3, -0.25) is 9.59 Å². The van der Waals surface area contributed by atoms with Gasteiger partial charge < -0.3 is 11.1 Å². The number of carbonyl (C=O) groups is 2. The third kappa shape index (κ3) is 2.94. The summed E-state index contributed by atoms with van der Waals surface area (Å²) < 4.78 is 1.63. The van der Waals surface area contributed by atoms with Crippen molar-refractivity contribution < 1.29 is 9.59 Å². The zero-order valence-corrected chi connectivity index (χ0v) is 12.3. The van der Waals surface area contributed by atoms with E-state index in [1.165, 1.54) is 6.92 Å². The molecule has 0 fully saturated rings. The number of aromatic nitrogens is 2. The van der Waals surface area contributed by atoms with E-state index < -0.39 is 0 Å². The number of nitrogens with two attached hydrogens (primary N) is 1. The smallest absolute Gasteiger partial charge is 0.221 e. The highest BCUT2D eigenvalue weighted by atomic mass is 16.1. The van der Waals surface area contributed by atoms with Crippen molar-refractivity contribution in [2.24, 2.45) is 0 Å². The standard InChI is InChI=1S/C15H18N4O2/c1-9(2)19-15(16)13(8-20)14(18-19)11-4-6-12(7-5-11)17-10(3)21/h4-9H,16H2,1-3H3,(H,17,21). The van der Waals surface area contributed by atoms with Crippen LogP contribution < -0.4 is 11.1 Å². The molecule has 1 amide bonds. The number of anilines is 2. The minimum atomic E-state index is -0.135. The number of nitrogens with one attached hydrogen (secondary N) is 1. The van der Waals surface area contributed by atoms with Crippen LogP contribution in [0.5, 0.6) is 0 Å². The van der Waals surface area contributed by atoms with E-state index in [0.29, 0.717) is 22.8 Å². The molecule has 6 nitrogen and oxygen atoms in total. The van der Waals surface area contributed by atoms with Crippen LogP contribution in [0.4, 0.5) is 11.5 Å². The fourth-order valence-electron chi connectivity index (χ4n) is 2.10. The van der Waals surface area contributed by atoms with Crippen LogP contribution in [-0.4, -0.2) is 22.0 Å². The van der Waals surface area contributed by atoms with Crippen LogP contribution in [0.25, 0.3) is 11.3 Å². The van der Waals surface area contributed by atoms with Crippen LogP contribution >= 0.6 is 0 Å². The first-order valence-corrected chi connectivity index (χ1v) is 6.65. The Bertz CT molecular complexity index is 672. The molecular formula is C15H18N4O2. The Morgan fingerprint density at radius 1 is 1.33 bits per heavy atom. The number of hydrogen-bond acceptors (Lipinski definition) is 4. The van der Waals surface area contributed by atoms with Gasteiger partial charge >= 0.3 is 0 Å². The van der Waals surface area contributed by atoms with Crippen molar-refractivity contribution in [3.8, 4) is 11.3 Å². The second kappa shape index (κ2) is 5.78. The maximum absolute atomic E-state index is 11.3. The Kier molecular flexibility index (Phi) is 4.07. The summed E-state index contributed by atoms with van der Waals surface area (Å²) in [6.07, 6.45) is 0.721. The second-order valence-electron chi connectivity index (χ2n) is 5.06. The van der Waals surface area contributed by atoms with Crippen LogP contribution in [0.15, 0.2) is 24.3 Å². The van der Waals surface area contributed by atoms with Crippen molar-refractivity contribution in [3.63, 3.8) is 0 Å². The number of benzene rings is 1. The molecular weight excluding hydrogens is 268 g/mol. The van der Waals surface area contributed by atoms with Crippen LogP contribution in [0.3, 0.4) is 0 Å². The van der Waals surface area contributed by atoms with Gasteiger partial charge in [-0.2, -0.15) is 5.10 Å². The fourth-order valence-corrected chi connectivity index (χ4v) is 2.10. The van der Waals surface area contributed by atoms with Gasteiger partial charge in [0.1, 0.15) is 11.5 Å². The molecule has 0 aliphatic carbocycles. The Labute approximate surface area is 122 Å². The topological polar surface area (TPSA) is 90.0 Å². The Balaban J connectivity index is 2.44. The number of amides is 1. The highest BCUT2D eigenvalue weighted by molar-refractivity contribution is 5.92. The zero-order valence-electron chi connectivity index (χ0n) is 12.3. The number of nitrogens with zero attached hydrogens (tertiary/aromatic N) is 2. The predicted molar refractivity (Wildman–Crippen MR) is 82.2 cm³/mol. The summed E-state index contributed by atoms with van der Waals surface area (Å²) in [4.78, 5) is 22.3. The Morgan fingerprint density at radius 3 is 2.43 bits per heavy atom. The maximum atomic E-state index is 11.3. The molecule has 0 radical (unpaired) electrons. The number of aldehydes is 1. The molecule has 2 aromatic rings. The van der Waals surface area contributed by atoms with Crippen molar-refractivity contribution in [3.05, 3.63) is 29.8 Å². The lowest BCUT2D eigenvalue weighted by Gasteiger charge is -2.06. The molecule has 0 aliphatic rings. The molecule has 3 N–H and O–H groups in total. The first-order valence-electron chi connectivity index (χ1n) is 6.65. The lowest BCUT2D eigenvalue weighted by Crippen LogP contribution is -2.07. The molecule has 1 aromatic carbocycles. The summed E-state index contributed by atoms with van der Waals surface area (Å²) in [5.41, 5.74) is 8.36. The van der Waals surface area contributed by atoms with Crippen LogP contribution in [0.2, 0.25) is 0 Å². The lowest BCUT2D eigenvalue weighted by molar-refractivity contribution is -0.114. The van der Waals surface area contributed by atoms with E-state index in [-0.39, 0.29) is 11.9 Å². The Hall–Kier alpha value is -2.63. The van der Waals surface area contributed by atoms with Crippen molar-refractivity contribution in [2.75, 3.05) is 11.1 Å². The van der Waals surface area contributed by atoms with Gasteiger partial charge in [-0.15, -0.1) is 0 Å². The molecule has 2 rings (SSSR count). The van der Waals surface area contributed by atoms with Gasteiger partial charge in [0.15, 0.2) is 6.29 Å². The summed E-state index contributed by atoms with van der Waals surface area (Å²) in [6, 6.07) is 7.18. The average Bonchev–Trinajstić information content (AvgIpc) is 2.76. The normalized spacial score (nSPS) is 10.7. The van der Waals surface area contributed by atoms with Crippen molar-refractivity contribution in [2.45, 2.75) is 26.8 Å². The maximum Gasteiger partial charge on any atom is 0.221 e. The molecule has 1 aromatic heterocycles. The minimum Gasteiger partial charge on any atom is -0.383 e. The summed E-state index contributed by atoms with van der Waals surface area (Å²) in [7, 11) is 0. The van der Waals surface area contributed by atoms with Gasteiger partial charge in [-0.1, -0.05) is 12.1 Å². The van der Waals surface area contributed by atoms with Crippen molar-refractivity contribution in [1.82, 2.24) is 9.78 Å². The largest absolute Gasteiger partial charge is 0.383 e. The van der Waals surface area contributed by atoms with E-state index in [1.807, 2.05) is 13.8 Å². The van der Waals surface area contributed by atoms with Gasteiger partial charge in [-0.25, -0.2) is 4.68 Å². The molecule has 0 bridgehead atoms. The monoisotopic (exact) mass is 286 g/mol. The first-order chi connectivity index (χ1) is 9.93. The third-order valence-corrected chi connectivity index (χ3v) is 3.07. The molecule has 0 aliphatic heterocycles. The summed E-state index contributed by atoms with van der Waals surface area (Å²) >= 11 is 0. The summed E-state index contributed by atoms with van der Waals surface area (Å²) in [5, 5.41) is 7.10. The average molecular weight is 286 g/mol. The molecule has 0 unspecified atom stereocenters. The summed E-state index contributed by atoms with van der Waals surface area (Å²) in [6.45, 7) is 5.34. The van der Waals surface area contributed by atoms with Gasteiger partial charge in [0.25, 0.3) is 0 Å². The van der Waals surface area contributed by atoms with Gasteiger partial charge in [0.05, 0.1) is 5.56 Å². The molecule has 1 heterocycles. The van der Waals surface area contributed by atoms with E-state index in [0.717, 1.165) is 11.8 Å². The Morgan fingerprint density at radius 2 is 1.95 bits per heavy atom. The molecule has 21 heavy (non-hydrogen) atoms. The van der Waals surface area contributed by atoms with Crippen LogP contribution in [0, 0.1) is 0 Å². The van der Waals surface area contributed by atoms with E-state index in [2.05, 4.69) is 10.4 Å². The van der Waals surface area contributed by atoms with E-state index in [1.54, 1.807) is 28.9 Å². The third-order valence-electron chi connectivity index (χ3n) is 3.07. The SMILES string of the molecule is CC(=O)Nc1ccc(-c2nn(C(C)C)c(N)c2C=O)cc1. The molecule has 110 valence electrons. The highest BCUT2D eigenvalue weighted by Gasteiger charge is 2.18.